The third-order valence-electron chi connectivity index (χ3n) is 7.26. The largest absolute Gasteiger partial charge is 0.456 e. The summed E-state index contributed by atoms with van der Waals surface area (Å²) in [6.07, 6.45) is 0. The van der Waals surface area contributed by atoms with Crippen LogP contribution in [0.25, 0.3) is 55.0 Å². The van der Waals surface area contributed by atoms with E-state index in [2.05, 4.69) is 111 Å². The molecule has 1 nitrogen and oxygen atoms in total. The lowest BCUT2D eigenvalue weighted by atomic mass is 9.82. The van der Waals surface area contributed by atoms with Crippen LogP contribution in [0.4, 0.5) is 0 Å². The maximum absolute atomic E-state index is 6.42. The van der Waals surface area contributed by atoms with Crippen LogP contribution >= 0.6 is 0 Å². The second-order valence-corrected chi connectivity index (χ2v) is 9.44. The molecule has 1 heterocycles. The number of rotatable bonds is 1. The molecule has 1 aromatic heterocycles. The summed E-state index contributed by atoms with van der Waals surface area (Å²) >= 11 is 0. The van der Waals surface area contributed by atoms with Gasteiger partial charge in [-0.25, -0.2) is 0 Å². The molecule has 0 radical (unpaired) electrons. The standard InChI is InChI=1S/C31H22O/c1-31(2)27-10-6-5-9-23(27)25-17-26-24-14-13-22(16-29(24)32-30(26)18-28(25)31)21-12-11-19-7-3-4-8-20(19)15-21/h3-18H,1-2H3. The van der Waals surface area contributed by atoms with Crippen molar-refractivity contribution >= 4 is 32.7 Å². The predicted molar refractivity (Wildman–Crippen MR) is 134 cm³/mol. The van der Waals surface area contributed by atoms with Crippen molar-refractivity contribution < 1.29 is 4.42 Å². The highest BCUT2D eigenvalue weighted by atomic mass is 16.3. The lowest BCUT2D eigenvalue weighted by Crippen LogP contribution is -2.14. The fourth-order valence-corrected chi connectivity index (χ4v) is 5.52. The Labute approximate surface area is 186 Å². The molecule has 0 atom stereocenters. The van der Waals surface area contributed by atoms with Crippen LogP contribution in [0.3, 0.4) is 0 Å². The molecule has 1 aliphatic rings. The SMILES string of the molecule is CC1(C)c2ccccc2-c2cc3c(cc21)oc1cc(-c2ccc4ccccc4c2)ccc13. The molecule has 6 aromatic rings. The molecule has 0 aliphatic heterocycles. The van der Waals surface area contributed by atoms with Crippen molar-refractivity contribution in [3.8, 4) is 22.3 Å². The van der Waals surface area contributed by atoms with Gasteiger partial charge in [0.1, 0.15) is 11.2 Å². The first-order chi connectivity index (χ1) is 15.6. The zero-order valence-electron chi connectivity index (χ0n) is 18.1. The normalized spacial score (nSPS) is 14.2. The minimum Gasteiger partial charge on any atom is -0.456 e. The maximum Gasteiger partial charge on any atom is 0.136 e. The van der Waals surface area contributed by atoms with Crippen molar-refractivity contribution in [3.05, 3.63) is 108 Å². The molecule has 1 aliphatic carbocycles. The van der Waals surface area contributed by atoms with Crippen molar-refractivity contribution in [2.45, 2.75) is 19.3 Å². The van der Waals surface area contributed by atoms with Gasteiger partial charge >= 0.3 is 0 Å². The summed E-state index contributed by atoms with van der Waals surface area (Å²) in [6, 6.07) is 35.1. The van der Waals surface area contributed by atoms with Crippen LogP contribution in [0, 0.1) is 0 Å². The summed E-state index contributed by atoms with van der Waals surface area (Å²) in [5, 5.41) is 4.89. The van der Waals surface area contributed by atoms with E-state index in [0.29, 0.717) is 0 Å². The van der Waals surface area contributed by atoms with E-state index in [-0.39, 0.29) is 5.41 Å². The molecule has 0 spiro atoms. The third kappa shape index (κ3) is 2.34. The van der Waals surface area contributed by atoms with E-state index in [1.165, 1.54) is 54.9 Å². The van der Waals surface area contributed by atoms with Crippen LogP contribution in [-0.4, -0.2) is 0 Å². The van der Waals surface area contributed by atoms with Gasteiger partial charge in [-0.1, -0.05) is 80.6 Å². The Kier molecular flexibility index (Phi) is 3.40. The molecule has 1 heteroatoms. The molecule has 0 unspecified atom stereocenters. The molecule has 0 fully saturated rings. The van der Waals surface area contributed by atoms with Crippen LogP contribution in [0.2, 0.25) is 0 Å². The van der Waals surface area contributed by atoms with Gasteiger partial charge in [0, 0.05) is 16.2 Å². The zero-order chi connectivity index (χ0) is 21.4. The van der Waals surface area contributed by atoms with Crippen LogP contribution in [0.5, 0.6) is 0 Å². The van der Waals surface area contributed by atoms with Crippen molar-refractivity contribution in [2.75, 3.05) is 0 Å². The van der Waals surface area contributed by atoms with E-state index in [0.717, 1.165) is 11.2 Å². The number of hydrogen-bond acceptors (Lipinski definition) is 1. The zero-order valence-corrected chi connectivity index (χ0v) is 18.1. The van der Waals surface area contributed by atoms with E-state index in [1.54, 1.807) is 0 Å². The number of hydrogen-bond donors (Lipinski definition) is 0. The maximum atomic E-state index is 6.42. The third-order valence-corrected chi connectivity index (χ3v) is 7.26. The molecule has 32 heavy (non-hydrogen) atoms. The van der Waals surface area contributed by atoms with Gasteiger partial charge in [0.15, 0.2) is 0 Å². The molecule has 0 bridgehead atoms. The smallest absolute Gasteiger partial charge is 0.136 e. The van der Waals surface area contributed by atoms with E-state index in [1.807, 2.05) is 0 Å². The van der Waals surface area contributed by atoms with E-state index in [4.69, 9.17) is 4.42 Å². The molecular formula is C31H22O. The van der Waals surface area contributed by atoms with Gasteiger partial charge in [0.2, 0.25) is 0 Å². The van der Waals surface area contributed by atoms with Gasteiger partial charge in [-0.05, 0) is 74.5 Å². The molecule has 0 amide bonds. The summed E-state index contributed by atoms with van der Waals surface area (Å²) < 4.78 is 6.42. The summed E-state index contributed by atoms with van der Waals surface area (Å²) in [6.45, 7) is 4.62. The first-order valence-corrected chi connectivity index (χ1v) is 11.2. The lowest BCUT2D eigenvalue weighted by Gasteiger charge is -2.21. The number of benzene rings is 5. The van der Waals surface area contributed by atoms with E-state index >= 15 is 0 Å². The van der Waals surface area contributed by atoms with Crippen molar-refractivity contribution in [1.82, 2.24) is 0 Å². The Morgan fingerprint density at radius 2 is 1.25 bits per heavy atom. The fourth-order valence-electron chi connectivity index (χ4n) is 5.52. The second-order valence-electron chi connectivity index (χ2n) is 9.44. The molecule has 0 saturated carbocycles. The molecule has 0 N–H and O–H groups in total. The highest BCUT2D eigenvalue weighted by molar-refractivity contribution is 6.08. The van der Waals surface area contributed by atoms with Crippen LogP contribution in [0.15, 0.2) is 101 Å². The second kappa shape index (κ2) is 6.11. The van der Waals surface area contributed by atoms with Crippen LogP contribution < -0.4 is 0 Å². The minimum absolute atomic E-state index is 0.0185. The van der Waals surface area contributed by atoms with E-state index in [9.17, 15) is 0 Å². The summed E-state index contributed by atoms with van der Waals surface area (Å²) in [5.74, 6) is 0. The van der Waals surface area contributed by atoms with Crippen molar-refractivity contribution in [1.29, 1.82) is 0 Å². The Bertz CT molecular complexity index is 1700. The highest BCUT2D eigenvalue weighted by Gasteiger charge is 2.35. The summed E-state index contributed by atoms with van der Waals surface area (Å²) in [4.78, 5) is 0. The van der Waals surface area contributed by atoms with Crippen molar-refractivity contribution in [2.24, 2.45) is 0 Å². The summed E-state index contributed by atoms with van der Waals surface area (Å²) in [5.41, 5.74) is 9.70. The highest BCUT2D eigenvalue weighted by Crippen LogP contribution is 2.50. The van der Waals surface area contributed by atoms with Crippen LogP contribution in [-0.2, 0) is 5.41 Å². The van der Waals surface area contributed by atoms with Gasteiger partial charge in [-0.2, -0.15) is 0 Å². The molecule has 7 rings (SSSR count). The molecule has 5 aromatic carbocycles. The fraction of sp³-hybridized carbons (Fsp3) is 0.0968. The van der Waals surface area contributed by atoms with Gasteiger partial charge in [-0.3, -0.25) is 0 Å². The van der Waals surface area contributed by atoms with Gasteiger partial charge < -0.3 is 4.42 Å². The Morgan fingerprint density at radius 1 is 0.531 bits per heavy atom. The van der Waals surface area contributed by atoms with Gasteiger partial charge in [-0.15, -0.1) is 0 Å². The monoisotopic (exact) mass is 410 g/mol. The lowest BCUT2D eigenvalue weighted by molar-refractivity contribution is 0.647. The van der Waals surface area contributed by atoms with Gasteiger partial charge in [0.25, 0.3) is 0 Å². The van der Waals surface area contributed by atoms with Crippen LogP contribution in [0.1, 0.15) is 25.0 Å². The molecule has 0 saturated heterocycles. The Hall–Kier alpha value is -3.84. The average molecular weight is 411 g/mol. The first kappa shape index (κ1) is 17.8. The molecular weight excluding hydrogens is 388 g/mol. The minimum atomic E-state index is -0.0185. The average Bonchev–Trinajstić information content (AvgIpc) is 3.29. The Morgan fingerprint density at radius 3 is 2.16 bits per heavy atom. The number of fused-ring (bicyclic) bond motifs is 7. The quantitative estimate of drug-likeness (QED) is 0.264. The predicted octanol–water partition coefficient (Wildman–Crippen LogP) is 8.71. The van der Waals surface area contributed by atoms with Crippen molar-refractivity contribution in [3.63, 3.8) is 0 Å². The Balaban J connectivity index is 1.43. The summed E-state index contributed by atoms with van der Waals surface area (Å²) in [7, 11) is 0. The first-order valence-electron chi connectivity index (χ1n) is 11.2. The van der Waals surface area contributed by atoms with E-state index < -0.39 is 0 Å². The topological polar surface area (TPSA) is 13.1 Å². The number of furan rings is 1. The van der Waals surface area contributed by atoms with Gasteiger partial charge in [0.05, 0.1) is 0 Å². The molecule has 152 valence electrons.